The number of nitrogens with zero attached hydrogens (tertiary/aromatic N) is 4. The molecule has 0 amide bonds. The van der Waals surface area contributed by atoms with Crippen LogP contribution in [0.5, 0.6) is 0 Å². The Bertz CT molecular complexity index is 695. The van der Waals surface area contributed by atoms with Crippen LogP contribution in [-0.4, -0.2) is 26.6 Å². The van der Waals surface area contributed by atoms with Gasteiger partial charge in [0.2, 0.25) is 0 Å². The van der Waals surface area contributed by atoms with Crippen LogP contribution < -0.4 is 5.32 Å². The van der Waals surface area contributed by atoms with Gasteiger partial charge in [0, 0.05) is 13.7 Å². The maximum atomic E-state index is 5.11. The van der Waals surface area contributed by atoms with E-state index in [0.29, 0.717) is 13.3 Å². The fourth-order valence-corrected chi connectivity index (χ4v) is 2.03. The number of anilines is 1. The van der Waals surface area contributed by atoms with Crippen molar-refractivity contribution >= 4 is 17.0 Å². The molecule has 3 rings (SSSR count). The van der Waals surface area contributed by atoms with E-state index in [9.17, 15) is 0 Å². The fourth-order valence-electron chi connectivity index (χ4n) is 2.03. The summed E-state index contributed by atoms with van der Waals surface area (Å²) in [6.07, 6.45) is 3.24. The number of methoxy groups -OCH3 is 1. The summed E-state index contributed by atoms with van der Waals surface area (Å²) in [5.41, 5.74) is 2.70. The minimum absolute atomic E-state index is 0.422. The van der Waals surface area contributed by atoms with E-state index in [1.807, 2.05) is 22.8 Å². The van der Waals surface area contributed by atoms with Gasteiger partial charge in [-0.05, 0) is 5.56 Å². The third kappa shape index (κ3) is 2.46. The van der Waals surface area contributed by atoms with Crippen LogP contribution in [-0.2, 0) is 18.0 Å². The molecule has 0 unspecified atom stereocenters. The third-order valence-electron chi connectivity index (χ3n) is 2.97. The second-order valence-corrected chi connectivity index (χ2v) is 4.37. The molecule has 0 saturated carbocycles. The molecule has 0 bridgehead atoms. The van der Waals surface area contributed by atoms with Gasteiger partial charge in [-0.25, -0.2) is 15.0 Å². The van der Waals surface area contributed by atoms with Crippen molar-refractivity contribution in [2.75, 3.05) is 12.4 Å². The van der Waals surface area contributed by atoms with Crippen LogP contribution >= 0.6 is 0 Å². The Balaban J connectivity index is 1.85. The zero-order valence-corrected chi connectivity index (χ0v) is 11.2. The maximum absolute atomic E-state index is 5.11. The van der Waals surface area contributed by atoms with Gasteiger partial charge in [-0.15, -0.1) is 0 Å². The largest absolute Gasteiger partial charge is 0.364 e. The SMILES string of the molecule is COCn1cnc2c(NCc3ccccc3)ncnc21. The number of benzene rings is 1. The Labute approximate surface area is 116 Å². The van der Waals surface area contributed by atoms with Crippen LogP contribution in [0.1, 0.15) is 5.56 Å². The van der Waals surface area contributed by atoms with E-state index in [1.165, 1.54) is 11.9 Å². The molecule has 0 radical (unpaired) electrons. The van der Waals surface area contributed by atoms with Crippen molar-refractivity contribution in [1.82, 2.24) is 19.5 Å². The van der Waals surface area contributed by atoms with Gasteiger partial charge in [-0.1, -0.05) is 30.3 Å². The van der Waals surface area contributed by atoms with Crippen LogP contribution in [0.4, 0.5) is 5.82 Å². The number of ether oxygens (including phenoxy) is 1. The van der Waals surface area contributed by atoms with Crippen molar-refractivity contribution in [3.63, 3.8) is 0 Å². The van der Waals surface area contributed by atoms with E-state index in [-0.39, 0.29) is 0 Å². The normalized spacial score (nSPS) is 10.8. The molecular formula is C14H15N5O. The molecule has 0 aliphatic heterocycles. The monoisotopic (exact) mass is 269 g/mol. The molecule has 0 saturated heterocycles. The first-order valence-electron chi connectivity index (χ1n) is 6.31. The topological polar surface area (TPSA) is 64.9 Å². The highest BCUT2D eigenvalue weighted by atomic mass is 16.5. The van der Waals surface area contributed by atoms with Gasteiger partial charge < -0.3 is 10.1 Å². The first-order chi connectivity index (χ1) is 9.88. The molecule has 20 heavy (non-hydrogen) atoms. The minimum Gasteiger partial charge on any atom is -0.364 e. The van der Waals surface area contributed by atoms with Gasteiger partial charge in [-0.2, -0.15) is 0 Å². The molecule has 0 spiro atoms. The summed E-state index contributed by atoms with van der Waals surface area (Å²) in [7, 11) is 1.64. The summed E-state index contributed by atoms with van der Waals surface area (Å²) < 4.78 is 6.94. The molecule has 1 N–H and O–H groups in total. The van der Waals surface area contributed by atoms with Crippen LogP contribution in [0.3, 0.4) is 0 Å². The van der Waals surface area contributed by atoms with Crippen molar-refractivity contribution in [3.8, 4) is 0 Å². The predicted octanol–water partition coefficient (Wildman–Crippen LogP) is 2.04. The van der Waals surface area contributed by atoms with Crippen molar-refractivity contribution < 1.29 is 4.74 Å². The highest BCUT2D eigenvalue weighted by Gasteiger charge is 2.09. The Morgan fingerprint density at radius 2 is 2.00 bits per heavy atom. The highest BCUT2D eigenvalue weighted by Crippen LogP contribution is 2.17. The highest BCUT2D eigenvalue weighted by molar-refractivity contribution is 5.82. The zero-order chi connectivity index (χ0) is 13.8. The number of aromatic nitrogens is 4. The second-order valence-electron chi connectivity index (χ2n) is 4.37. The van der Waals surface area contributed by atoms with E-state index in [2.05, 4.69) is 32.4 Å². The van der Waals surface area contributed by atoms with Gasteiger partial charge in [-0.3, -0.25) is 4.57 Å². The molecule has 102 valence electrons. The van der Waals surface area contributed by atoms with Crippen molar-refractivity contribution in [2.45, 2.75) is 13.3 Å². The summed E-state index contributed by atoms with van der Waals surface area (Å²) in [5.74, 6) is 0.730. The number of nitrogens with one attached hydrogen (secondary N) is 1. The Morgan fingerprint density at radius 1 is 1.15 bits per heavy atom. The summed E-state index contributed by atoms with van der Waals surface area (Å²) in [6, 6.07) is 10.2. The summed E-state index contributed by atoms with van der Waals surface area (Å²) >= 11 is 0. The van der Waals surface area contributed by atoms with Gasteiger partial charge in [0.15, 0.2) is 17.0 Å². The minimum atomic E-state index is 0.422. The van der Waals surface area contributed by atoms with Crippen molar-refractivity contribution in [1.29, 1.82) is 0 Å². The first-order valence-corrected chi connectivity index (χ1v) is 6.31. The van der Waals surface area contributed by atoms with Gasteiger partial charge >= 0.3 is 0 Å². The lowest BCUT2D eigenvalue weighted by molar-refractivity contribution is 0.134. The quantitative estimate of drug-likeness (QED) is 0.768. The van der Waals surface area contributed by atoms with Crippen molar-refractivity contribution in [3.05, 3.63) is 48.5 Å². The van der Waals surface area contributed by atoms with E-state index in [4.69, 9.17) is 4.74 Å². The maximum Gasteiger partial charge on any atom is 0.167 e. The molecule has 0 fully saturated rings. The summed E-state index contributed by atoms with van der Waals surface area (Å²) in [4.78, 5) is 12.8. The molecule has 0 aliphatic rings. The molecule has 0 atom stereocenters. The van der Waals surface area contributed by atoms with Gasteiger partial charge in [0.05, 0.1) is 6.33 Å². The van der Waals surface area contributed by atoms with E-state index in [0.717, 1.165) is 17.0 Å². The van der Waals surface area contributed by atoms with Gasteiger partial charge in [0.25, 0.3) is 0 Å². The second kappa shape index (κ2) is 5.66. The van der Waals surface area contributed by atoms with Crippen molar-refractivity contribution in [2.24, 2.45) is 0 Å². The lowest BCUT2D eigenvalue weighted by Gasteiger charge is -2.06. The Hall–Kier alpha value is -2.47. The average molecular weight is 269 g/mol. The molecule has 6 nitrogen and oxygen atoms in total. The Morgan fingerprint density at radius 3 is 2.80 bits per heavy atom. The van der Waals surface area contributed by atoms with E-state index >= 15 is 0 Å². The number of hydrogen-bond donors (Lipinski definition) is 1. The fraction of sp³-hybridized carbons (Fsp3) is 0.214. The Kier molecular flexibility index (Phi) is 3.56. The number of hydrogen-bond acceptors (Lipinski definition) is 5. The van der Waals surface area contributed by atoms with Gasteiger partial charge in [0.1, 0.15) is 13.1 Å². The van der Waals surface area contributed by atoms with Crippen LogP contribution in [0.15, 0.2) is 43.0 Å². The lowest BCUT2D eigenvalue weighted by Crippen LogP contribution is -2.03. The number of imidazole rings is 1. The van der Waals surface area contributed by atoms with E-state index < -0.39 is 0 Å². The molecule has 0 aliphatic carbocycles. The molecule has 1 aromatic carbocycles. The van der Waals surface area contributed by atoms with Crippen LogP contribution in [0.25, 0.3) is 11.2 Å². The van der Waals surface area contributed by atoms with E-state index in [1.54, 1.807) is 13.4 Å². The standard InChI is InChI=1S/C14H15N5O/c1-20-10-19-9-18-12-13(16-8-17-14(12)19)15-7-11-5-3-2-4-6-11/h2-6,8-9H,7,10H2,1H3,(H,15,16,17). The lowest BCUT2D eigenvalue weighted by atomic mass is 10.2. The molecule has 3 aromatic rings. The molecular weight excluding hydrogens is 254 g/mol. The van der Waals surface area contributed by atoms with Crippen LogP contribution in [0.2, 0.25) is 0 Å². The average Bonchev–Trinajstić information content (AvgIpc) is 2.91. The zero-order valence-electron chi connectivity index (χ0n) is 11.2. The molecule has 2 aromatic heterocycles. The third-order valence-corrected chi connectivity index (χ3v) is 2.97. The smallest absolute Gasteiger partial charge is 0.167 e. The van der Waals surface area contributed by atoms with Crippen LogP contribution in [0, 0.1) is 0 Å². The molecule has 6 heteroatoms. The number of fused-ring (bicyclic) bond motifs is 1. The summed E-state index contributed by atoms with van der Waals surface area (Å²) in [5, 5.41) is 3.29. The first kappa shape index (κ1) is 12.6. The number of rotatable bonds is 5. The molecule has 2 heterocycles. The summed E-state index contributed by atoms with van der Waals surface area (Å²) in [6.45, 7) is 1.12. The predicted molar refractivity (Wildman–Crippen MR) is 76.1 cm³/mol.